The van der Waals surface area contributed by atoms with Crippen molar-refractivity contribution in [3.05, 3.63) is 17.5 Å². The predicted molar refractivity (Wildman–Crippen MR) is 73.6 cm³/mol. The number of aliphatic carboxylic acids is 1. The minimum atomic E-state index is -0.973. The molecule has 0 spiro atoms. The Labute approximate surface area is 118 Å². The standard InChI is InChI=1S/C14H21N3O3/c1-8(2)17-9(3)11(7-15-17)13(18)16-12(14(19)20)6-10-4-5-10/h7-8,10,12H,4-6H2,1-3H3,(H,16,18)(H,19,20). The molecule has 1 aromatic heterocycles. The molecule has 20 heavy (non-hydrogen) atoms. The summed E-state index contributed by atoms with van der Waals surface area (Å²) in [5.74, 6) is -0.891. The van der Waals surface area contributed by atoms with Crippen molar-refractivity contribution in [1.82, 2.24) is 15.1 Å². The number of aromatic nitrogens is 2. The summed E-state index contributed by atoms with van der Waals surface area (Å²) >= 11 is 0. The lowest BCUT2D eigenvalue weighted by Crippen LogP contribution is -2.41. The Morgan fingerprint density at radius 1 is 1.50 bits per heavy atom. The van der Waals surface area contributed by atoms with Crippen LogP contribution in [0.2, 0.25) is 0 Å². The summed E-state index contributed by atoms with van der Waals surface area (Å²) in [4.78, 5) is 23.4. The van der Waals surface area contributed by atoms with E-state index in [1.54, 1.807) is 4.68 Å². The monoisotopic (exact) mass is 279 g/mol. The van der Waals surface area contributed by atoms with Gasteiger partial charge >= 0.3 is 5.97 Å². The van der Waals surface area contributed by atoms with Gasteiger partial charge in [0.1, 0.15) is 6.04 Å². The van der Waals surface area contributed by atoms with E-state index in [9.17, 15) is 14.7 Å². The Morgan fingerprint density at radius 2 is 2.15 bits per heavy atom. The number of hydrogen-bond donors (Lipinski definition) is 2. The van der Waals surface area contributed by atoms with Gasteiger partial charge in [-0.05, 0) is 33.1 Å². The smallest absolute Gasteiger partial charge is 0.326 e. The summed E-state index contributed by atoms with van der Waals surface area (Å²) in [6.07, 6.45) is 4.13. The second-order valence-electron chi connectivity index (χ2n) is 5.73. The summed E-state index contributed by atoms with van der Waals surface area (Å²) in [6, 6.07) is -0.643. The van der Waals surface area contributed by atoms with Crippen LogP contribution < -0.4 is 5.32 Å². The Balaban J connectivity index is 2.08. The maximum atomic E-state index is 12.2. The van der Waals surface area contributed by atoms with Crippen LogP contribution in [-0.2, 0) is 4.79 Å². The molecule has 6 nitrogen and oxygen atoms in total. The highest BCUT2D eigenvalue weighted by Gasteiger charge is 2.31. The largest absolute Gasteiger partial charge is 0.480 e. The Kier molecular flexibility index (Phi) is 4.11. The number of nitrogens with zero attached hydrogens (tertiary/aromatic N) is 2. The van der Waals surface area contributed by atoms with Gasteiger partial charge in [-0.25, -0.2) is 4.79 Å². The van der Waals surface area contributed by atoms with Gasteiger partial charge < -0.3 is 10.4 Å². The van der Waals surface area contributed by atoms with Crippen LogP contribution in [0, 0.1) is 12.8 Å². The van der Waals surface area contributed by atoms with Gasteiger partial charge in [0.15, 0.2) is 0 Å². The lowest BCUT2D eigenvalue weighted by Gasteiger charge is -2.14. The first-order valence-corrected chi connectivity index (χ1v) is 6.98. The average Bonchev–Trinajstić information content (AvgIpc) is 3.08. The molecule has 2 rings (SSSR count). The van der Waals surface area contributed by atoms with Gasteiger partial charge in [0.2, 0.25) is 0 Å². The van der Waals surface area contributed by atoms with E-state index in [1.165, 1.54) is 6.20 Å². The first-order valence-electron chi connectivity index (χ1n) is 6.98. The number of carbonyl (C=O) groups excluding carboxylic acids is 1. The maximum Gasteiger partial charge on any atom is 0.326 e. The Bertz CT molecular complexity index is 518. The van der Waals surface area contributed by atoms with Crippen LogP contribution in [0.25, 0.3) is 0 Å². The van der Waals surface area contributed by atoms with Crippen LogP contribution >= 0.6 is 0 Å². The number of carbonyl (C=O) groups is 2. The first-order chi connectivity index (χ1) is 9.40. The third kappa shape index (κ3) is 3.18. The van der Waals surface area contributed by atoms with E-state index in [-0.39, 0.29) is 11.9 Å². The summed E-state index contributed by atoms with van der Waals surface area (Å²) in [5, 5.41) is 15.9. The van der Waals surface area contributed by atoms with E-state index in [4.69, 9.17) is 0 Å². The molecule has 0 aromatic carbocycles. The number of carboxylic acids is 1. The number of carboxylic acid groups (broad SMARTS) is 1. The highest BCUT2D eigenvalue weighted by molar-refractivity contribution is 5.97. The Hall–Kier alpha value is -1.85. The van der Waals surface area contributed by atoms with Crippen molar-refractivity contribution in [2.24, 2.45) is 5.92 Å². The van der Waals surface area contributed by atoms with Gasteiger partial charge in [0.05, 0.1) is 11.8 Å². The lowest BCUT2D eigenvalue weighted by atomic mass is 10.1. The number of nitrogens with one attached hydrogen (secondary N) is 1. The van der Waals surface area contributed by atoms with Gasteiger partial charge in [0.25, 0.3) is 5.91 Å². The van der Waals surface area contributed by atoms with Gasteiger partial charge in [-0.1, -0.05) is 12.8 Å². The van der Waals surface area contributed by atoms with Crippen molar-refractivity contribution in [2.75, 3.05) is 0 Å². The van der Waals surface area contributed by atoms with Crippen molar-refractivity contribution in [3.63, 3.8) is 0 Å². The summed E-state index contributed by atoms with van der Waals surface area (Å²) in [6.45, 7) is 5.78. The van der Waals surface area contributed by atoms with E-state index >= 15 is 0 Å². The van der Waals surface area contributed by atoms with Crippen LogP contribution in [0.1, 0.15) is 55.2 Å². The van der Waals surface area contributed by atoms with Gasteiger partial charge in [-0.3, -0.25) is 9.48 Å². The molecule has 1 saturated carbocycles. The van der Waals surface area contributed by atoms with Crippen molar-refractivity contribution in [2.45, 2.75) is 52.1 Å². The fraction of sp³-hybridized carbons (Fsp3) is 0.643. The van der Waals surface area contributed by atoms with Crippen LogP contribution in [-0.4, -0.2) is 32.8 Å². The normalized spacial score (nSPS) is 16.2. The number of hydrogen-bond acceptors (Lipinski definition) is 3. The fourth-order valence-corrected chi connectivity index (χ4v) is 2.31. The molecule has 0 bridgehead atoms. The molecule has 6 heteroatoms. The molecule has 1 aromatic rings. The molecular weight excluding hydrogens is 258 g/mol. The molecular formula is C14H21N3O3. The molecule has 1 amide bonds. The first kappa shape index (κ1) is 14.6. The summed E-state index contributed by atoms with van der Waals surface area (Å²) in [7, 11) is 0. The molecule has 1 fully saturated rings. The van der Waals surface area contributed by atoms with Crippen molar-refractivity contribution < 1.29 is 14.7 Å². The van der Waals surface area contributed by atoms with Crippen molar-refractivity contribution in [3.8, 4) is 0 Å². The Morgan fingerprint density at radius 3 is 2.60 bits per heavy atom. The average molecular weight is 279 g/mol. The summed E-state index contributed by atoms with van der Waals surface area (Å²) < 4.78 is 1.76. The number of rotatable bonds is 6. The predicted octanol–water partition coefficient (Wildman–Crippen LogP) is 1.76. The second-order valence-corrected chi connectivity index (χ2v) is 5.73. The summed E-state index contributed by atoms with van der Waals surface area (Å²) in [5.41, 5.74) is 1.20. The highest BCUT2D eigenvalue weighted by Crippen LogP contribution is 2.33. The highest BCUT2D eigenvalue weighted by atomic mass is 16.4. The van der Waals surface area contributed by atoms with Crippen LogP contribution in [0.4, 0.5) is 0 Å². The molecule has 110 valence electrons. The van der Waals surface area contributed by atoms with Crippen LogP contribution in [0.5, 0.6) is 0 Å². The molecule has 1 atom stereocenters. The minimum absolute atomic E-state index is 0.165. The van der Waals surface area contributed by atoms with Gasteiger partial charge in [-0.15, -0.1) is 0 Å². The van der Waals surface area contributed by atoms with Crippen molar-refractivity contribution in [1.29, 1.82) is 0 Å². The molecule has 0 aliphatic heterocycles. The van der Waals surface area contributed by atoms with E-state index in [0.717, 1.165) is 18.5 Å². The minimum Gasteiger partial charge on any atom is -0.480 e. The molecule has 2 N–H and O–H groups in total. The third-order valence-corrected chi connectivity index (χ3v) is 3.65. The zero-order chi connectivity index (χ0) is 14.9. The lowest BCUT2D eigenvalue weighted by molar-refractivity contribution is -0.139. The second kappa shape index (κ2) is 5.64. The molecule has 1 aliphatic rings. The topological polar surface area (TPSA) is 84.2 Å². The zero-order valence-corrected chi connectivity index (χ0v) is 12.1. The third-order valence-electron chi connectivity index (χ3n) is 3.65. The van der Waals surface area contributed by atoms with Gasteiger partial charge in [0, 0.05) is 11.7 Å². The van der Waals surface area contributed by atoms with Crippen LogP contribution in [0.15, 0.2) is 6.20 Å². The van der Waals surface area contributed by atoms with E-state index in [2.05, 4.69) is 10.4 Å². The van der Waals surface area contributed by atoms with E-state index < -0.39 is 12.0 Å². The van der Waals surface area contributed by atoms with E-state index in [0.29, 0.717) is 17.9 Å². The van der Waals surface area contributed by atoms with Gasteiger partial charge in [-0.2, -0.15) is 5.10 Å². The zero-order valence-electron chi connectivity index (χ0n) is 12.1. The van der Waals surface area contributed by atoms with E-state index in [1.807, 2.05) is 20.8 Å². The van der Waals surface area contributed by atoms with Crippen LogP contribution in [0.3, 0.4) is 0 Å². The number of amides is 1. The fourth-order valence-electron chi connectivity index (χ4n) is 2.31. The molecule has 1 unspecified atom stereocenters. The quantitative estimate of drug-likeness (QED) is 0.831. The maximum absolute atomic E-state index is 12.2. The molecule has 0 radical (unpaired) electrons. The molecule has 1 heterocycles. The SMILES string of the molecule is Cc1c(C(=O)NC(CC2CC2)C(=O)O)cnn1C(C)C. The molecule has 0 saturated heterocycles. The molecule has 1 aliphatic carbocycles. The van der Waals surface area contributed by atoms with Crippen molar-refractivity contribution >= 4 is 11.9 Å².